The molecule has 4 nitrogen and oxygen atoms in total. The van der Waals surface area contributed by atoms with Gasteiger partial charge in [0.2, 0.25) is 5.91 Å². The van der Waals surface area contributed by atoms with E-state index in [1.165, 1.54) is 6.42 Å². The smallest absolute Gasteiger partial charge is 0.303 e. The third-order valence-electron chi connectivity index (χ3n) is 2.89. The fraction of sp³-hybridized carbons (Fsp3) is 0.818. The maximum atomic E-state index is 11.6. The van der Waals surface area contributed by atoms with Gasteiger partial charge in [-0.1, -0.05) is 13.3 Å². The molecule has 0 aromatic rings. The molecule has 1 fully saturated rings. The first-order valence-electron chi connectivity index (χ1n) is 5.63. The molecule has 86 valence electrons. The van der Waals surface area contributed by atoms with Crippen LogP contribution in [0.3, 0.4) is 0 Å². The van der Waals surface area contributed by atoms with Crippen molar-refractivity contribution in [3.05, 3.63) is 0 Å². The van der Waals surface area contributed by atoms with E-state index in [1.54, 1.807) is 0 Å². The summed E-state index contributed by atoms with van der Waals surface area (Å²) in [5, 5.41) is 8.47. The molecular weight excluding hydrogens is 194 g/mol. The molecule has 1 aliphatic heterocycles. The van der Waals surface area contributed by atoms with Crippen LogP contribution in [0.25, 0.3) is 0 Å². The van der Waals surface area contributed by atoms with Crippen molar-refractivity contribution in [2.24, 2.45) is 5.92 Å². The van der Waals surface area contributed by atoms with Crippen LogP contribution in [0.4, 0.5) is 0 Å². The highest BCUT2D eigenvalue weighted by atomic mass is 16.4. The molecule has 0 aromatic heterocycles. The van der Waals surface area contributed by atoms with Crippen LogP contribution in [-0.4, -0.2) is 35.0 Å². The Balaban J connectivity index is 2.27. The number of hydrogen-bond acceptors (Lipinski definition) is 2. The summed E-state index contributed by atoms with van der Waals surface area (Å²) in [5.74, 6) is -0.271. The van der Waals surface area contributed by atoms with E-state index in [-0.39, 0.29) is 18.7 Å². The van der Waals surface area contributed by atoms with E-state index < -0.39 is 5.97 Å². The molecule has 0 aliphatic carbocycles. The molecule has 1 amide bonds. The number of amides is 1. The van der Waals surface area contributed by atoms with Crippen molar-refractivity contribution in [3.63, 3.8) is 0 Å². The highest BCUT2D eigenvalue weighted by Gasteiger charge is 2.25. The van der Waals surface area contributed by atoms with Gasteiger partial charge in [-0.05, 0) is 18.8 Å². The Hall–Kier alpha value is -1.06. The van der Waals surface area contributed by atoms with Crippen LogP contribution in [0, 0.1) is 5.92 Å². The Kier molecular flexibility index (Phi) is 4.59. The number of likely N-dealkylation sites (tertiary alicyclic amines) is 1. The van der Waals surface area contributed by atoms with E-state index in [1.807, 2.05) is 4.90 Å². The molecular formula is C11H19NO3. The minimum Gasteiger partial charge on any atom is -0.481 e. The van der Waals surface area contributed by atoms with E-state index in [0.29, 0.717) is 5.92 Å². The molecule has 1 N–H and O–H groups in total. The predicted octanol–water partition coefficient (Wildman–Crippen LogP) is 1.50. The lowest BCUT2D eigenvalue weighted by molar-refractivity contribution is -0.140. The predicted molar refractivity (Wildman–Crippen MR) is 56.5 cm³/mol. The molecule has 0 spiro atoms. The van der Waals surface area contributed by atoms with E-state index in [2.05, 4.69) is 6.92 Å². The summed E-state index contributed by atoms with van der Waals surface area (Å²) in [7, 11) is 0. The standard InChI is InChI=1S/C11H19NO3/c1-2-3-9-6-7-12(8-9)10(13)4-5-11(14)15/h9H,2-8H2,1H3,(H,14,15). The van der Waals surface area contributed by atoms with E-state index in [9.17, 15) is 9.59 Å². The second kappa shape index (κ2) is 5.73. The van der Waals surface area contributed by atoms with Crippen molar-refractivity contribution in [1.82, 2.24) is 4.90 Å². The maximum Gasteiger partial charge on any atom is 0.303 e. The summed E-state index contributed by atoms with van der Waals surface area (Å²) in [4.78, 5) is 23.7. The SMILES string of the molecule is CCCC1CCN(C(=O)CCC(=O)O)C1. The minimum atomic E-state index is -0.896. The van der Waals surface area contributed by atoms with Crippen LogP contribution in [0.5, 0.6) is 0 Å². The quantitative estimate of drug-likeness (QED) is 0.753. The molecule has 1 aliphatic rings. The number of aliphatic carboxylic acids is 1. The summed E-state index contributed by atoms with van der Waals surface area (Å²) in [6.07, 6.45) is 3.50. The Morgan fingerprint density at radius 3 is 2.73 bits per heavy atom. The van der Waals surface area contributed by atoms with Gasteiger partial charge >= 0.3 is 5.97 Å². The van der Waals surface area contributed by atoms with Gasteiger partial charge in [0.1, 0.15) is 0 Å². The number of carboxylic acids is 1. The van der Waals surface area contributed by atoms with Crippen molar-refractivity contribution in [2.75, 3.05) is 13.1 Å². The van der Waals surface area contributed by atoms with Crippen molar-refractivity contribution >= 4 is 11.9 Å². The number of carbonyl (C=O) groups is 2. The molecule has 1 rings (SSSR count). The number of nitrogens with zero attached hydrogens (tertiary/aromatic N) is 1. The molecule has 0 bridgehead atoms. The van der Waals surface area contributed by atoms with E-state index in [0.717, 1.165) is 25.9 Å². The van der Waals surface area contributed by atoms with Crippen LogP contribution in [0.2, 0.25) is 0 Å². The first-order valence-corrected chi connectivity index (χ1v) is 5.63. The number of carbonyl (C=O) groups excluding carboxylic acids is 1. The zero-order valence-electron chi connectivity index (χ0n) is 9.24. The maximum absolute atomic E-state index is 11.6. The summed E-state index contributed by atoms with van der Waals surface area (Å²) >= 11 is 0. The molecule has 1 saturated heterocycles. The summed E-state index contributed by atoms with van der Waals surface area (Å²) in [5.41, 5.74) is 0. The summed E-state index contributed by atoms with van der Waals surface area (Å²) < 4.78 is 0. The Morgan fingerprint density at radius 1 is 1.40 bits per heavy atom. The largest absolute Gasteiger partial charge is 0.481 e. The highest BCUT2D eigenvalue weighted by molar-refractivity contribution is 5.80. The van der Waals surface area contributed by atoms with Crippen LogP contribution in [0.1, 0.15) is 39.0 Å². The Labute approximate surface area is 90.3 Å². The van der Waals surface area contributed by atoms with Gasteiger partial charge in [-0.15, -0.1) is 0 Å². The second-order valence-corrected chi connectivity index (χ2v) is 4.18. The number of hydrogen-bond donors (Lipinski definition) is 1. The molecule has 0 saturated carbocycles. The molecule has 1 heterocycles. The van der Waals surface area contributed by atoms with Gasteiger partial charge in [-0.25, -0.2) is 0 Å². The lowest BCUT2D eigenvalue weighted by atomic mass is 10.0. The highest BCUT2D eigenvalue weighted by Crippen LogP contribution is 2.21. The van der Waals surface area contributed by atoms with E-state index >= 15 is 0 Å². The van der Waals surface area contributed by atoms with Gasteiger partial charge in [0.25, 0.3) is 0 Å². The van der Waals surface area contributed by atoms with Gasteiger partial charge < -0.3 is 10.0 Å². The van der Waals surface area contributed by atoms with Gasteiger partial charge in [0, 0.05) is 19.5 Å². The number of rotatable bonds is 5. The summed E-state index contributed by atoms with van der Waals surface area (Å²) in [6, 6.07) is 0. The molecule has 0 radical (unpaired) electrons. The lowest BCUT2D eigenvalue weighted by Crippen LogP contribution is -2.28. The average Bonchev–Trinajstić information content (AvgIpc) is 2.63. The average molecular weight is 213 g/mol. The first kappa shape index (κ1) is 12.0. The fourth-order valence-electron chi connectivity index (χ4n) is 2.08. The normalized spacial score (nSPS) is 20.6. The molecule has 0 aromatic carbocycles. The fourth-order valence-corrected chi connectivity index (χ4v) is 2.08. The third kappa shape index (κ3) is 3.90. The van der Waals surface area contributed by atoms with Crippen molar-refractivity contribution in [2.45, 2.75) is 39.0 Å². The Morgan fingerprint density at radius 2 is 2.13 bits per heavy atom. The molecule has 1 atom stereocenters. The summed E-state index contributed by atoms with van der Waals surface area (Å²) in [6.45, 7) is 3.78. The van der Waals surface area contributed by atoms with Crippen LogP contribution in [0.15, 0.2) is 0 Å². The zero-order valence-corrected chi connectivity index (χ0v) is 9.24. The topological polar surface area (TPSA) is 57.6 Å². The van der Waals surface area contributed by atoms with Crippen molar-refractivity contribution < 1.29 is 14.7 Å². The first-order chi connectivity index (χ1) is 7.13. The second-order valence-electron chi connectivity index (χ2n) is 4.18. The van der Waals surface area contributed by atoms with Crippen LogP contribution in [-0.2, 0) is 9.59 Å². The lowest BCUT2D eigenvalue weighted by Gasteiger charge is -2.15. The van der Waals surface area contributed by atoms with Gasteiger partial charge in [0.15, 0.2) is 0 Å². The van der Waals surface area contributed by atoms with Crippen LogP contribution >= 0.6 is 0 Å². The van der Waals surface area contributed by atoms with Crippen molar-refractivity contribution in [1.29, 1.82) is 0 Å². The molecule has 4 heteroatoms. The monoisotopic (exact) mass is 213 g/mol. The molecule has 1 unspecified atom stereocenters. The number of carboxylic acid groups (broad SMARTS) is 1. The van der Waals surface area contributed by atoms with Crippen molar-refractivity contribution in [3.8, 4) is 0 Å². The van der Waals surface area contributed by atoms with Gasteiger partial charge in [0.05, 0.1) is 6.42 Å². The van der Waals surface area contributed by atoms with E-state index in [4.69, 9.17) is 5.11 Å². The minimum absolute atomic E-state index is 0.00370. The molecule has 15 heavy (non-hydrogen) atoms. The van der Waals surface area contributed by atoms with Gasteiger partial charge in [-0.3, -0.25) is 9.59 Å². The van der Waals surface area contributed by atoms with Gasteiger partial charge in [-0.2, -0.15) is 0 Å². The third-order valence-corrected chi connectivity index (χ3v) is 2.89. The van der Waals surface area contributed by atoms with Crippen LogP contribution < -0.4 is 0 Å². The zero-order chi connectivity index (χ0) is 11.3. The Bertz CT molecular complexity index is 240.